The highest BCUT2D eigenvalue weighted by atomic mass is 16.4. The molecule has 1 aliphatic carbocycles. The fourth-order valence-electron chi connectivity index (χ4n) is 1.97. The number of amides is 1. The third-order valence-corrected chi connectivity index (χ3v) is 3.01. The number of rotatable bonds is 7. The second-order valence-corrected chi connectivity index (χ2v) is 4.48. The summed E-state index contributed by atoms with van der Waals surface area (Å²) in [5.74, 6) is -0.463. The lowest BCUT2D eigenvalue weighted by molar-refractivity contribution is -0.137. The Kier molecular flexibility index (Phi) is 6.37. The monoisotopic (exact) mass is 239 g/mol. The molecule has 1 amide bonds. The summed E-state index contributed by atoms with van der Waals surface area (Å²) in [6.45, 7) is 0.665. The van der Waals surface area contributed by atoms with Crippen LogP contribution in [-0.2, 0) is 9.59 Å². The Morgan fingerprint density at radius 3 is 2.71 bits per heavy atom. The fraction of sp³-hybridized carbons (Fsp3) is 0.692. The van der Waals surface area contributed by atoms with Crippen LogP contribution in [0.2, 0.25) is 0 Å². The van der Waals surface area contributed by atoms with Crippen molar-refractivity contribution in [1.29, 1.82) is 0 Å². The zero-order valence-corrected chi connectivity index (χ0v) is 10.2. The Labute approximate surface area is 102 Å². The molecular formula is C13H21NO3. The molecule has 0 spiro atoms. The number of carbonyl (C=O) groups is 2. The minimum atomic E-state index is -0.747. The number of aliphatic carboxylic acids is 1. The zero-order valence-electron chi connectivity index (χ0n) is 10.2. The van der Waals surface area contributed by atoms with Crippen molar-refractivity contribution in [3.8, 4) is 0 Å². The van der Waals surface area contributed by atoms with Crippen molar-refractivity contribution in [1.82, 2.24) is 5.32 Å². The number of carboxylic acids is 1. The number of nitrogens with one attached hydrogen (secondary N) is 1. The first-order valence-corrected chi connectivity index (χ1v) is 6.34. The van der Waals surface area contributed by atoms with Crippen molar-refractivity contribution >= 4 is 11.9 Å². The molecule has 4 heteroatoms. The van der Waals surface area contributed by atoms with Crippen LogP contribution in [0, 0.1) is 5.92 Å². The molecule has 0 fully saturated rings. The van der Waals surface area contributed by atoms with Gasteiger partial charge in [-0.2, -0.15) is 0 Å². The number of hydrogen-bond acceptors (Lipinski definition) is 2. The second kappa shape index (κ2) is 7.87. The molecule has 1 unspecified atom stereocenters. The Hall–Kier alpha value is -1.32. The quantitative estimate of drug-likeness (QED) is 0.528. The molecule has 96 valence electrons. The summed E-state index contributed by atoms with van der Waals surface area (Å²) in [4.78, 5) is 22.0. The summed E-state index contributed by atoms with van der Waals surface area (Å²) in [6.07, 6.45) is 9.62. The van der Waals surface area contributed by atoms with Crippen LogP contribution in [0.25, 0.3) is 0 Å². The Morgan fingerprint density at radius 1 is 1.24 bits per heavy atom. The molecule has 0 heterocycles. The third kappa shape index (κ3) is 6.09. The van der Waals surface area contributed by atoms with Crippen molar-refractivity contribution < 1.29 is 14.7 Å². The van der Waals surface area contributed by atoms with Gasteiger partial charge in [-0.25, -0.2) is 0 Å². The van der Waals surface area contributed by atoms with E-state index in [0.29, 0.717) is 13.0 Å². The average Bonchev–Trinajstić information content (AvgIpc) is 2.34. The number of unbranched alkanes of at least 4 members (excludes halogenated alkanes) is 2. The van der Waals surface area contributed by atoms with Crippen LogP contribution in [-0.4, -0.2) is 23.5 Å². The van der Waals surface area contributed by atoms with Gasteiger partial charge in [0.15, 0.2) is 0 Å². The van der Waals surface area contributed by atoms with E-state index in [0.717, 1.165) is 32.1 Å². The number of allylic oxidation sites excluding steroid dienone is 2. The van der Waals surface area contributed by atoms with Gasteiger partial charge in [-0.05, 0) is 32.1 Å². The molecule has 0 radical (unpaired) electrons. The topological polar surface area (TPSA) is 66.4 Å². The van der Waals surface area contributed by atoms with Gasteiger partial charge in [-0.15, -0.1) is 0 Å². The van der Waals surface area contributed by atoms with Gasteiger partial charge < -0.3 is 10.4 Å². The van der Waals surface area contributed by atoms with Gasteiger partial charge in [0.05, 0.1) is 0 Å². The summed E-state index contributed by atoms with van der Waals surface area (Å²) < 4.78 is 0. The number of carbonyl (C=O) groups excluding carboxylic acids is 1. The van der Waals surface area contributed by atoms with E-state index in [1.165, 1.54) is 0 Å². The summed E-state index contributed by atoms with van der Waals surface area (Å²) >= 11 is 0. The molecule has 0 saturated heterocycles. The van der Waals surface area contributed by atoms with Crippen LogP contribution in [0.3, 0.4) is 0 Å². The van der Waals surface area contributed by atoms with Gasteiger partial charge in [0, 0.05) is 18.9 Å². The summed E-state index contributed by atoms with van der Waals surface area (Å²) in [6, 6.07) is 0. The van der Waals surface area contributed by atoms with E-state index in [-0.39, 0.29) is 18.2 Å². The van der Waals surface area contributed by atoms with Crippen molar-refractivity contribution in [2.75, 3.05) is 6.54 Å². The molecule has 4 nitrogen and oxygen atoms in total. The standard InChI is InChI=1S/C13H21NO3/c15-12(16)9-5-2-6-10-14-13(17)11-7-3-1-4-8-11/h1,3,11H,2,4-10H2,(H,14,17)(H,15,16). The normalized spacial score (nSPS) is 18.9. The molecule has 0 aromatic carbocycles. The van der Waals surface area contributed by atoms with Gasteiger partial charge in [0.2, 0.25) is 5.91 Å². The second-order valence-electron chi connectivity index (χ2n) is 4.48. The Morgan fingerprint density at radius 2 is 2.06 bits per heavy atom. The molecule has 1 atom stereocenters. The molecule has 0 aromatic heterocycles. The van der Waals surface area contributed by atoms with Crippen molar-refractivity contribution in [2.24, 2.45) is 5.92 Å². The van der Waals surface area contributed by atoms with Crippen molar-refractivity contribution in [3.63, 3.8) is 0 Å². The SMILES string of the molecule is O=C(O)CCCCCNC(=O)C1CC=CCC1. The minimum absolute atomic E-state index is 0.138. The van der Waals surface area contributed by atoms with Crippen molar-refractivity contribution in [2.45, 2.75) is 44.9 Å². The van der Waals surface area contributed by atoms with Crippen LogP contribution >= 0.6 is 0 Å². The van der Waals surface area contributed by atoms with Gasteiger partial charge in [0.25, 0.3) is 0 Å². The van der Waals surface area contributed by atoms with E-state index in [2.05, 4.69) is 17.5 Å². The van der Waals surface area contributed by atoms with E-state index >= 15 is 0 Å². The molecule has 17 heavy (non-hydrogen) atoms. The lowest BCUT2D eigenvalue weighted by Gasteiger charge is -2.17. The zero-order chi connectivity index (χ0) is 12.5. The molecule has 2 N–H and O–H groups in total. The lowest BCUT2D eigenvalue weighted by Crippen LogP contribution is -2.31. The molecule has 0 aliphatic heterocycles. The van der Waals surface area contributed by atoms with E-state index in [1.54, 1.807) is 0 Å². The van der Waals surface area contributed by atoms with Crippen LogP contribution in [0.5, 0.6) is 0 Å². The molecule has 0 saturated carbocycles. The van der Waals surface area contributed by atoms with E-state index in [9.17, 15) is 9.59 Å². The fourth-order valence-corrected chi connectivity index (χ4v) is 1.97. The predicted molar refractivity (Wildman–Crippen MR) is 65.6 cm³/mol. The highest BCUT2D eigenvalue weighted by molar-refractivity contribution is 5.78. The maximum Gasteiger partial charge on any atom is 0.303 e. The molecule has 0 bridgehead atoms. The highest BCUT2D eigenvalue weighted by Gasteiger charge is 2.17. The Bertz CT molecular complexity index is 286. The first kappa shape index (κ1) is 13.7. The molecule has 1 aliphatic rings. The first-order valence-electron chi connectivity index (χ1n) is 6.34. The number of carboxylic acid groups (broad SMARTS) is 1. The van der Waals surface area contributed by atoms with Crippen LogP contribution in [0.4, 0.5) is 0 Å². The van der Waals surface area contributed by atoms with Crippen molar-refractivity contribution in [3.05, 3.63) is 12.2 Å². The average molecular weight is 239 g/mol. The van der Waals surface area contributed by atoms with Gasteiger partial charge in [0.1, 0.15) is 0 Å². The van der Waals surface area contributed by atoms with Crippen LogP contribution < -0.4 is 5.32 Å². The minimum Gasteiger partial charge on any atom is -0.481 e. The largest absolute Gasteiger partial charge is 0.481 e. The van der Waals surface area contributed by atoms with E-state index < -0.39 is 5.97 Å². The summed E-state index contributed by atoms with van der Waals surface area (Å²) in [7, 11) is 0. The maximum atomic E-state index is 11.7. The summed E-state index contributed by atoms with van der Waals surface area (Å²) in [5.41, 5.74) is 0. The molecule has 0 aromatic rings. The lowest BCUT2D eigenvalue weighted by atomic mass is 9.94. The van der Waals surface area contributed by atoms with Gasteiger partial charge in [-0.3, -0.25) is 9.59 Å². The van der Waals surface area contributed by atoms with E-state index in [1.807, 2.05) is 0 Å². The predicted octanol–water partition coefficient (Wildman–Crippen LogP) is 2.10. The summed E-state index contributed by atoms with van der Waals surface area (Å²) in [5, 5.41) is 11.4. The molecular weight excluding hydrogens is 218 g/mol. The Balaban J connectivity index is 2.00. The smallest absolute Gasteiger partial charge is 0.303 e. The number of hydrogen-bond donors (Lipinski definition) is 2. The maximum absolute atomic E-state index is 11.7. The van der Waals surface area contributed by atoms with Crippen LogP contribution in [0.15, 0.2) is 12.2 Å². The van der Waals surface area contributed by atoms with E-state index in [4.69, 9.17) is 5.11 Å². The highest BCUT2D eigenvalue weighted by Crippen LogP contribution is 2.17. The molecule has 1 rings (SSSR count). The van der Waals surface area contributed by atoms with Crippen LogP contribution in [0.1, 0.15) is 44.9 Å². The van der Waals surface area contributed by atoms with Gasteiger partial charge in [-0.1, -0.05) is 18.6 Å². The van der Waals surface area contributed by atoms with Gasteiger partial charge >= 0.3 is 5.97 Å². The third-order valence-electron chi connectivity index (χ3n) is 3.01. The first-order chi connectivity index (χ1) is 8.20.